The average Bonchev–Trinajstić information content (AvgIpc) is 2.67. The first-order valence-electron chi connectivity index (χ1n) is 8.81. The molecule has 0 saturated carbocycles. The Kier molecular flexibility index (Phi) is 4.57. The third-order valence-electron chi connectivity index (χ3n) is 4.86. The number of hydrogen-bond donors (Lipinski definition) is 2. The van der Waals surface area contributed by atoms with Gasteiger partial charge in [0.2, 0.25) is 0 Å². The standard InChI is InChI=1S/C22H19F2N3O/c1-28-19-4-2-3-17(12-19)27-18-5-6-20-21(13-18)26-8-7-22(20,25)14-9-15(23)11-16(24)10-14/h2-6,8-13,27H,7,25H2,1H3. The van der Waals surface area contributed by atoms with Crippen molar-refractivity contribution in [3.05, 3.63) is 83.4 Å². The lowest BCUT2D eigenvalue weighted by molar-refractivity contribution is 0.415. The zero-order valence-electron chi connectivity index (χ0n) is 15.2. The molecule has 4 rings (SSSR count). The van der Waals surface area contributed by atoms with E-state index in [1.54, 1.807) is 13.3 Å². The van der Waals surface area contributed by atoms with Crippen molar-refractivity contribution in [2.24, 2.45) is 10.7 Å². The summed E-state index contributed by atoms with van der Waals surface area (Å²) in [6.07, 6.45) is 2.03. The number of nitrogens with zero attached hydrogens (tertiary/aromatic N) is 1. The van der Waals surface area contributed by atoms with Crippen molar-refractivity contribution >= 4 is 23.3 Å². The lowest BCUT2D eigenvalue weighted by Gasteiger charge is -2.33. The molecule has 0 aromatic heterocycles. The number of benzene rings is 3. The third kappa shape index (κ3) is 3.34. The van der Waals surface area contributed by atoms with E-state index in [0.29, 0.717) is 17.7 Å². The molecule has 0 saturated heterocycles. The van der Waals surface area contributed by atoms with Crippen molar-refractivity contribution in [3.63, 3.8) is 0 Å². The maximum atomic E-state index is 13.7. The highest BCUT2D eigenvalue weighted by atomic mass is 19.1. The van der Waals surface area contributed by atoms with Gasteiger partial charge >= 0.3 is 0 Å². The van der Waals surface area contributed by atoms with Gasteiger partial charge in [-0.05, 0) is 42.0 Å². The number of anilines is 2. The summed E-state index contributed by atoms with van der Waals surface area (Å²) in [5.74, 6) is -0.560. The minimum absolute atomic E-state index is 0.353. The van der Waals surface area contributed by atoms with Crippen LogP contribution in [0.4, 0.5) is 25.8 Å². The molecular formula is C22H19F2N3O. The number of aliphatic imine (C=N–C) groups is 1. The topological polar surface area (TPSA) is 59.6 Å². The molecule has 1 heterocycles. The molecule has 1 aliphatic rings. The van der Waals surface area contributed by atoms with E-state index >= 15 is 0 Å². The minimum Gasteiger partial charge on any atom is -0.497 e. The molecule has 0 bridgehead atoms. The van der Waals surface area contributed by atoms with Gasteiger partial charge in [0.1, 0.15) is 17.4 Å². The van der Waals surface area contributed by atoms with Gasteiger partial charge in [-0.25, -0.2) is 8.78 Å². The molecule has 0 radical (unpaired) electrons. The molecule has 28 heavy (non-hydrogen) atoms. The second-order valence-corrected chi connectivity index (χ2v) is 6.73. The van der Waals surface area contributed by atoms with Crippen LogP contribution in [0.2, 0.25) is 0 Å². The summed E-state index contributed by atoms with van der Waals surface area (Å²) in [6.45, 7) is 0. The van der Waals surface area contributed by atoms with E-state index in [9.17, 15) is 8.78 Å². The van der Waals surface area contributed by atoms with Crippen LogP contribution in [0, 0.1) is 11.6 Å². The van der Waals surface area contributed by atoms with Crippen LogP contribution >= 0.6 is 0 Å². The molecule has 3 aromatic carbocycles. The number of fused-ring (bicyclic) bond motifs is 1. The number of methoxy groups -OCH3 is 1. The van der Waals surface area contributed by atoms with E-state index in [2.05, 4.69) is 10.3 Å². The van der Waals surface area contributed by atoms with Gasteiger partial charge in [0.05, 0.1) is 18.3 Å². The van der Waals surface area contributed by atoms with Crippen LogP contribution in [0.5, 0.6) is 5.75 Å². The van der Waals surface area contributed by atoms with Crippen LogP contribution in [0.1, 0.15) is 17.5 Å². The monoisotopic (exact) mass is 379 g/mol. The molecule has 3 N–H and O–H groups in total. The van der Waals surface area contributed by atoms with Gasteiger partial charge in [-0.2, -0.15) is 0 Å². The second kappa shape index (κ2) is 7.05. The fourth-order valence-electron chi connectivity index (χ4n) is 3.44. The van der Waals surface area contributed by atoms with E-state index in [1.165, 1.54) is 12.1 Å². The van der Waals surface area contributed by atoms with Crippen LogP contribution in [0.25, 0.3) is 0 Å². The van der Waals surface area contributed by atoms with Gasteiger partial charge in [-0.15, -0.1) is 0 Å². The van der Waals surface area contributed by atoms with Crippen LogP contribution in [0.15, 0.2) is 65.7 Å². The quantitative estimate of drug-likeness (QED) is 0.669. The van der Waals surface area contributed by atoms with Crippen molar-refractivity contribution in [3.8, 4) is 5.75 Å². The van der Waals surface area contributed by atoms with E-state index in [4.69, 9.17) is 10.5 Å². The largest absolute Gasteiger partial charge is 0.497 e. The summed E-state index contributed by atoms with van der Waals surface area (Å²) < 4.78 is 32.7. The molecule has 1 atom stereocenters. The Labute approximate surface area is 161 Å². The summed E-state index contributed by atoms with van der Waals surface area (Å²) in [5.41, 5.74) is 9.00. The molecule has 1 aliphatic heterocycles. The summed E-state index contributed by atoms with van der Waals surface area (Å²) in [7, 11) is 1.61. The Hall–Kier alpha value is -3.25. The first-order valence-corrected chi connectivity index (χ1v) is 8.81. The summed E-state index contributed by atoms with van der Waals surface area (Å²) in [4.78, 5) is 4.44. The van der Waals surface area contributed by atoms with Gasteiger partial charge < -0.3 is 15.8 Å². The van der Waals surface area contributed by atoms with E-state index in [1.807, 2.05) is 42.5 Å². The fourth-order valence-corrected chi connectivity index (χ4v) is 3.44. The van der Waals surface area contributed by atoms with E-state index < -0.39 is 17.2 Å². The van der Waals surface area contributed by atoms with Crippen LogP contribution in [-0.2, 0) is 5.54 Å². The van der Waals surface area contributed by atoms with Crippen LogP contribution in [0.3, 0.4) is 0 Å². The Morgan fingerprint density at radius 3 is 2.50 bits per heavy atom. The third-order valence-corrected chi connectivity index (χ3v) is 4.86. The number of nitrogens with one attached hydrogen (secondary N) is 1. The van der Waals surface area contributed by atoms with Crippen LogP contribution < -0.4 is 15.8 Å². The summed E-state index contributed by atoms with van der Waals surface area (Å²) >= 11 is 0. The first-order chi connectivity index (χ1) is 13.5. The number of rotatable bonds is 4. The van der Waals surface area contributed by atoms with Crippen molar-refractivity contribution in [2.75, 3.05) is 12.4 Å². The van der Waals surface area contributed by atoms with Crippen molar-refractivity contribution < 1.29 is 13.5 Å². The van der Waals surface area contributed by atoms with Gasteiger partial charge in [-0.3, -0.25) is 4.99 Å². The molecular weight excluding hydrogens is 360 g/mol. The lowest BCUT2D eigenvalue weighted by atomic mass is 9.79. The minimum atomic E-state index is -1.05. The van der Waals surface area contributed by atoms with Gasteiger partial charge in [0.15, 0.2) is 0 Å². The number of halogens is 2. The lowest BCUT2D eigenvalue weighted by Crippen LogP contribution is -2.40. The molecule has 3 aromatic rings. The summed E-state index contributed by atoms with van der Waals surface area (Å²) in [6, 6.07) is 16.5. The Bertz CT molecular complexity index is 1050. The first kappa shape index (κ1) is 18.1. The van der Waals surface area contributed by atoms with Gasteiger partial charge in [-0.1, -0.05) is 12.1 Å². The Balaban J connectivity index is 1.70. The highest BCUT2D eigenvalue weighted by Gasteiger charge is 2.34. The average molecular weight is 379 g/mol. The predicted molar refractivity (Wildman–Crippen MR) is 107 cm³/mol. The van der Waals surface area contributed by atoms with Crippen LogP contribution in [-0.4, -0.2) is 13.3 Å². The number of ether oxygens (including phenoxy) is 1. The SMILES string of the molecule is COc1cccc(Nc2ccc3c(c2)N=CCC3(N)c2cc(F)cc(F)c2)c1. The van der Waals surface area contributed by atoms with Crippen molar-refractivity contribution in [1.29, 1.82) is 0 Å². The molecule has 0 amide bonds. The summed E-state index contributed by atoms with van der Waals surface area (Å²) in [5, 5.41) is 3.30. The maximum absolute atomic E-state index is 13.7. The normalized spacial score (nSPS) is 17.9. The fraction of sp³-hybridized carbons (Fsp3) is 0.136. The van der Waals surface area contributed by atoms with Crippen molar-refractivity contribution in [2.45, 2.75) is 12.0 Å². The zero-order valence-corrected chi connectivity index (χ0v) is 15.2. The highest BCUT2D eigenvalue weighted by Crippen LogP contribution is 2.41. The zero-order chi connectivity index (χ0) is 19.7. The molecule has 6 heteroatoms. The molecule has 0 fully saturated rings. The Morgan fingerprint density at radius 2 is 1.75 bits per heavy atom. The van der Waals surface area contributed by atoms with Gasteiger partial charge in [0.25, 0.3) is 0 Å². The molecule has 0 spiro atoms. The van der Waals surface area contributed by atoms with E-state index in [0.717, 1.165) is 28.8 Å². The predicted octanol–water partition coefficient (Wildman–Crippen LogP) is 5.03. The number of hydrogen-bond acceptors (Lipinski definition) is 4. The molecule has 4 nitrogen and oxygen atoms in total. The maximum Gasteiger partial charge on any atom is 0.126 e. The smallest absolute Gasteiger partial charge is 0.126 e. The van der Waals surface area contributed by atoms with Gasteiger partial charge in [0, 0.05) is 41.7 Å². The Morgan fingerprint density at radius 1 is 1.00 bits per heavy atom. The second-order valence-electron chi connectivity index (χ2n) is 6.73. The van der Waals surface area contributed by atoms with Crippen molar-refractivity contribution in [1.82, 2.24) is 0 Å². The molecule has 1 unspecified atom stereocenters. The molecule has 0 aliphatic carbocycles. The van der Waals surface area contributed by atoms with E-state index in [-0.39, 0.29) is 0 Å². The molecule has 142 valence electrons. The highest BCUT2D eigenvalue weighted by molar-refractivity contribution is 5.77. The number of nitrogens with two attached hydrogens (primary N) is 1.